The van der Waals surface area contributed by atoms with Crippen LogP contribution in [0, 0.1) is 5.41 Å². The van der Waals surface area contributed by atoms with Crippen LogP contribution in [0.25, 0.3) is 0 Å². The second-order valence-corrected chi connectivity index (χ2v) is 5.60. The van der Waals surface area contributed by atoms with E-state index in [1.807, 2.05) is 30.3 Å². The summed E-state index contributed by atoms with van der Waals surface area (Å²) in [5.41, 5.74) is 1.63. The van der Waals surface area contributed by atoms with Crippen molar-refractivity contribution in [3.63, 3.8) is 0 Å². The molecule has 2 rings (SSSR count). The van der Waals surface area contributed by atoms with Gasteiger partial charge in [0.1, 0.15) is 0 Å². The Labute approximate surface area is 109 Å². The summed E-state index contributed by atoms with van der Waals surface area (Å²) in [5, 5.41) is 13.1. The first-order valence-electron chi connectivity index (χ1n) is 6.68. The second-order valence-electron chi connectivity index (χ2n) is 5.60. The van der Waals surface area contributed by atoms with Crippen LogP contribution in [0.15, 0.2) is 30.3 Å². The number of rotatable bonds is 8. The Morgan fingerprint density at radius 3 is 2.72 bits per heavy atom. The normalized spacial score (nSPS) is 18.6. The van der Waals surface area contributed by atoms with Crippen molar-refractivity contribution in [1.29, 1.82) is 0 Å². The van der Waals surface area contributed by atoms with Crippen LogP contribution in [0.1, 0.15) is 25.3 Å². The highest BCUT2D eigenvalue weighted by molar-refractivity contribution is 5.13. The Bertz CT molecular complexity index is 349. The highest BCUT2D eigenvalue weighted by Crippen LogP contribution is 2.43. The molecule has 1 aliphatic rings. The average molecular weight is 249 g/mol. The maximum atomic E-state index is 9.76. The van der Waals surface area contributed by atoms with Crippen LogP contribution in [0.4, 0.5) is 0 Å². The van der Waals surface area contributed by atoms with Crippen LogP contribution >= 0.6 is 0 Å². The van der Waals surface area contributed by atoms with Crippen LogP contribution in [-0.2, 0) is 11.3 Å². The molecule has 0 aliphatic heterocycles. The molecule has 0 radical (unpaired) electrons. The van der Waals surface area contributed by atoms with Gasteiger partial charge in [0.2, 0.25) is 0 Å². The van der Waals surface area contributed by atoms with Gasteiger partial charge in [0.05, 0.1) is 19.3 Å². The molecule has 1 saturated carbocycles. The van der Waals surface area contributed by atoms with Crippen molar-refractivity contribution in [3.05, 3.63) is 35.9 Å². The lowest BCUT2D eigenvalue weighted by Crippen LogP contribution is -2.33. The third-order valence-corrected chi connectivity index (χ3v) is 3.46. The molecule has 100 valence electrons. The number of nitrogens with one attached hydrogen (secondary N) is 1. The average Bonchev–Trinajstić information content (AvgIpc) is 3.09. The predicted molar refractivity (Wildman–Crippen MR) is 72.3 cm³/mol. The van der Waals surface area contributed by atoms with E-state index >= 15 is 0 Å². The van der Waals surface area contributed by atoms with Gasteiger partial charge in [-0.05, 0) is 23.8 Å². The third-order valence-electron chi connectivity index (χ3n) is 3.46. The van der Waals surface area contributed by atoms with Gasteiger partial charge in [0.15, 0.2) is 0 Å². The van der Waals surface area contributed by atoms with Gasteiger partial charge in [-0.25, -0.2) is 0 Å². The molecule has 0 saturated heterocycles. The maximum absolute atomic E-state index is 9.76. The number of hydrogen-bond donors (Lipinski definition) is 2. The van der Waals surface area contributed by atoms with Gasteiger partial charge in [-0.15, -0.1) is 0 Å². The smallest absolute Gasteiger partial charge is 0.0897 e. The predicted octanol–water partition coefficient (Wildman–Crippen LogP) is 1.95. The molecule has 2 N–H and O–H groups in total. The van der Waals surface area contributed by atoms with Gasteiger partial charge in [0.25, 0.3) is 0 Å². The first-order chi connectivity index (χ1) is 8.68. The monoisotopic (exact) mass is 249 g/mol. The van der Waals surface area contributed by atoms with Crippen molar-refractivity contribution in [2.45, 2.75) is 32.5 Å². The van der Waals surface area contributed by atoms with Crippen molar-refractivity contribution in [2.24, 2.45) is 5.41 Å². The summed E-state index contributed by atoms with van der Waals surface area (Å²) < 4.78 is 5.49. The Kier molecular flexibility index (Phi) is 4.75. The number of ether oxygens (including phenoxy) is 1. The molecule has 1 aromatic rings. The SMILES string of the molecule is CC1(CNCC(O)COCc2ccccc2)CC1. The van der Waals surface area contributed by atoms with E-state index < -0.39 is 6.10 Å². The van der Waals surface area contributed by atoms with Crippen LogP contribution < -0.4 is 5.32 Å². The fourth-order valence-corrected chi connectivity index (χ4v) is 1.88. The summed E-state index contributed by atoms with van der Waals surface area (Å²) in [4.78, 5) is 0. The standard InChI is InChI=1S/C15H23NO2/c1-15(7-8-15)12-16-9-14(17)11-18-10-13-5-3-2-4-6-13/h2-6,14,16-17H,7-12H2,1H3. The van der Waals surface area contributed by atoms with E-state index in [-0.39, 0.29) is 0 Å². The Hall–Kier alpha value is -0.900. The molecule has 1 aliphatic carbocycles. The molecule has 18 heavy (non-hydrogen) atoms. The van der Waals surface area contributed by atoms with E-state index in [1.54, 1.807) is 0 Å². The minimum Gasteiger partial charge on any atom is -0.389 e. The summed E-state index contributed by atoms with van der Waals surface area (Å²) in [5.74, 6) is 0. The minimum absolute atomic E-state index is 0.388. The number of aliphatic hydroxyl groups excluding tert-OH is 1. The fourth-order valence-electron chi connectivity index (χ4n) is 1.88. The zero-order valence-electron chi connectivity index (χ0n) is 11.1. The summed E-state index contributed by atoms with van der Waals surface area (Å²) in [6.07, 6.45) is 2.19. The molecule has 0 heterocycles. The highest BCUT2D eigenvalue weighted by Gasteiger charge is 2.36. The van der Waals surface area contributed by atoms with Gasteiger partial charge in [-0.1, -0.05) is 37.3 Å². The Morgan fingerprint density at radius 1 is 1.33 bits per heavy atom. The fraction of sp³-hybridized carbons (Fsp3) is 0.600. The van der Waals surface area contributed by atoms with Gasteiger partial charge in [-0.2, -0.15) is 0 Å². The molecule has 3 nitrogen and oxygen atoms in total. The van der Waals surface area contributed by atoms with Gasteiger partial charge in [0, 0.05) is 13.1 Å². The van der Waals surface area contributed by atoms with Crippen molar-refractivity contribution < 1.29 is 9.84 Å². The molecule has 1 aromatic carbocycles. The van der Waals surface area contributed by atoms with Crippen LogP contribution in [0.3, 0.4) is 0 Å². The van der Waals surface area contributed by atoms with Gasteiger partial charge >= 0.3 is 0 Å². The molecular formula is C15H23NO2. The van der Waals surface area contributed by atoms with Crippen molar-refractivity contribution in [1.82, 2.24) is 5.32 Å². The molecule has 0 aromatic heterocycles. The summed E-state index contributed by atoms with van der Waals surface area (Å²) in [7, 11) is 0. The Balaban J connectivity index is 1.53. The van der Waals surface area contributed by atoms with Gasteiger partial charge < -0.3 is 15.2 Å². The molecule has 1 atom stereocenters. The second kappa shape index (κ2) is 6.32. The van der Waals surface area contributed by atoms with E-state index in [9.17, 15) is 5.11 Å². The zero-order chi connectivity index (χ0) is 12.8. The van der Waals surface area contributed by atoms with Crippen LogP contribution in [-0.4, -0.2) is 30.9 Å². The van der Waals surface area contributed by atoms with E-state index in [2.05, 4.69) is 12.2 Å². The molecule has 0 bridgehead atoms. The summed E-state index contributed by atoms with van der Waals surface area (Å²) in [6.45, 7) is 4.85. The van der Waals surface area contributed by atoms with E-state index in [1.165, 1.54) is 12.8 Å². The van der Waals surface area contributed by atoms with Crippen molar-refractivity contribution in [2.75, 3.05) is 19.7 Å². The molecule has 0 spiro atoms. The highest BCUT2D eigenvalue weighted by atomic mass is 16.5. The number of benzene rings is 1. The first-order valence-corrected chi connectivity index (χ1v) is 6.68. The largest absolute Gasteiger partial charge is 0.389 e. The maximum Gasteiger partial charge on any atom is 0.0897 e. The minimum atomic E-state index is -0.420. The molecule has 3 heteroatoms. The third kappa shape index (κ3) is 4.77. The first kappa shape index (κ1) is 13.5. The lowest BCUT2D eigenvalue weighted by atomic mass is 10.1. The van der Waals surface area contributed by atoms with E-state index in [4.69, 9.17) is 4.74 Å². The zero-order valence-corrected chi connectivity index (χ0v) is 11.1. The quantitative estimate of drug-likeness (QED) is 0.740. The lowest BCUT2D eigenvalue weighted by molar-refractivity contribution is 0.0285. The molecule has 1 fully saturated rings. The number of aliphatic hydroxyl groups is 1. The van der Waals surface area contributed by atoms with Crippen molar-refractivity contribution >= 4 is 0 Å². The Morgan fingerprint density at radius 2 is 2.06 bits per heavy atom. The topological polar surface area (TPSA) is 41.5 Å². The van der Waals surface area contributed by atoms with Crippen LogP contribution in [0.5, 0.6) is 0 Å². The lowest BCUT2D eigenvalue weighted by Gasteiger charge is -2.14. The van der Waals surface area contributed by atoms with E-state index in [0.717, 1.165) is 12.1 Å². The van der Waals surface area contributed by atoms with Crippen LogP contribution in [0.2, 0.25) is 0 Å². The van der Waals surface area contributed by atoms with Gasteiger partial charge in [-0.3, -0.25) is 0 Å². The van der Waals surface area contributed by atoms with Crippen molar-refractivity contribution in [3.8, 4) is 0 Å². The number of hydrogen-bond acceptors (Lipinski definition) is 3. The molecule has 1 unspecified atom stereocenters. The van der Waals surface area contributed by atoms with E-state index in [0.29, 0.717) is 25.2 Å². The molecule has 0 amide bonds. The summed E-state index contributed by atoms with van der Waals surface area (Å²) >= 11 is 0. The summed E-state index contributed by atoms with van der Waals surface area (Å²) in [6, 6.07) is 10.0. The molecular weight excluding hydrogens is 226 g/mol.